The smallest absolute Gasteiger partial charge is 0.225 e. The van der Waals surface area contributed by atoms with Crippen molar-refractivity contribution < 1.29 is 14.3 Å². The lowest BCUT2D eigenvalue weighted by Crippen LogP contribution is -2.48. The Balaban J connectivity index is 2.36. The summed E-state index contributed by atoms with van der Waals surface area (Å²) in [5, 5.41) is 10.1. The van der Waals surface area contributed by atoms with Crippen LogP contribution in [0, 0.1) is 5.92 Å². The third-order valence-electron chi connectivity index (χ3n) is 6.43. The Bertz CT molecular complexity index is 641. The molecule has 0 saturated heterocycles. The summed E-state index contributed by atoms with van der Waals surface area (Å²) >= 11 is 0. The van der Waals surface area contributed by atoms with Gasteiger partial charge in [-0.1, -0.05) is 38.7 Å². The Morgan fingerprint density at radius 1 is 1.07 bits per heavy atom. The average Bonchev–Trinajstić information content (AvgIpc) is 3.04. The highest BCUT2D eigenvalue weighted by molar-refractivity contribution is 5.80. The van der Waals surface area contributed by atoms with Gasteiger partial charge < -0.3 is 25.4 Å². The van der Waals surface area contributed by atoms with E-state index in [1.54, 1.807) is 14.2 Å². The molecular weight excluding hydrogens is 378 g/mol. The van der Waals surface area contributed by atoms with Crippen LogP contribution in [0.25, 0.3) is 0 Å². The Morgan fingerprint density at radius 2 is 1.73 bits per heavy atom. The van der Waals surface area contributed by atoms with Crippen LogP contribution in [0.2, 0.25) is 0 Å². The predicted molar refractivity (Wildman–Crippen MR) is 122 cm³/mol. The van der Waals surface area contributed by atoms with E-state index in [1.165, 1.54) is 25.7 Å². The summed E-state index contributed by atoms with van der Waals surface area (Å²) in [6.45, 7) is 2.78. The highest BCUT2D eigenvalue weighted by atomic mass is 16.5. The molecule has 3 atom stereocenters. The lowest BCUT2D eigenvalue weighted by Gasteiger charge is -2.34. The maximum Gasteiger partial charge on any atom is 0.225 e. The van der Waals surface area contributed by atoms with Crippen LogP contribution in [0.4, 0.5) is 0 Å². The SMILES string of the molecule is CCC(NC)C(c1ccc(OC)c(OC)c1)C(CNC)C(=O)NC1CCCCCC1. The molecule has 30 heavy (non-hydrogen) atoms. The molecule has 1 amide bonds. The summed E-state index contributed by atoms with van der Waals surface area (Å²) in [7, 11) is 7.18. The number of ether oxygens (including phenoxy) is 2. The van der Waals surface area contributed by atoms with Gasteiger partial charge in [-0.25, -0.2) is 0 Å². The number of carbonyl (C=O) groups excluding carboxylic acids is 1. The normalized spacial score (nSPS) is 18.2. The molecule has 1 saturated carbocycles. The molecule has 6 nitrogen and oxygen atoms in total. The Hall–Kier alpha value is -1.79. The number of likely N-dealkylation sites (N-methyl/N-ethyl adjacent to an activating group) is 1. The van der Waals surface area contributed by atoms with Gasteiger partial charge in [0.1, 0.15) is 0 Å². The number of benzene rings is 1. The number of hydrogen-bond donors (Lipinski definition) is 3. The van der Waals surface area contributed by atoms with Crippen LogP contribution >= 0.6 is 0 Å². The van der Waals surface area contributed by atoms with Gasteiger partial charge in [0.05, 0.1) is 20.1 Å². The van der Waals surface area contributed by atoms with Crippen LogP contribution in [0.15, 0.2) is 18.2 Å². The molecule has 1 aromatic rings. The van der Waals surface area contributed by atoms with E-state index in [-0.39, 0.29) is 23.8 Å². The van der Waals surface area contributed by atoms with Crippen molar-refractivity contribution in [2.45, 2.75) is 69.9 Å². The fourth-order valence-corrected chi connectivity index (χ4v) is 4.78. The van der Waals surface area contributed by atoms with Crippen molar-refractivity contribution in [1.29, 1.82) is 0 Å². The maximum atomic E-state index is 13.5. The van der Waals surface area contributed by atoms with E-state index >= 15 is 0 Å². The van der Waals surface area contributed by atoms with Gasteiger partial charge in [0.2, 0.25) is 5.91 Å². The van der Waals surface area contributed by atoms with Crippen molar-refractivity contribution in [1.82, 2.24) is 16.0 Å². The second kappa shape index (κ2) is 12.8. The molecular formula is C24H41N3O3. The van der Waals surface area contributed by atoms with E-state index in [1.807, 2.05) is 26.2 Å². The maximum absolute atomic E-state index is 13.5. The number of methoxy groups -OCH3 is 2. The van der Waals surface area contributed by atoms with Gasteiger partial charge >= 0.3 is 0 Å². The molecule has 0 aromatic heterocycles. The first kappa shape index (κ1) is 24.5. The van der Waals surface area contributed by atoms with E-state index in [4.69, 9.17) is 9.47 Å². The summed E-state index contributed by atoms with van der Waals surface area (Å²) < 4.78 is 11.0. The van der Waals surface area contributed by atoms with Crippen molar-refractivity contribution in [3.8, 4) is 11.5 Å². The van der Waals surface area contributed by atoms with Crippen molar-refractivity contribution in [3.05, 3.63) is 23.8 Å². The van der Waals surface area contributed by atoms with Gasteiger partial charge in [0.25, 0.3) is 0 Å². The minimum atomic E-state index is -0.186. The fraction of sp³-hybridized carbons (Fsp3) is 0.708. The molecule has 0 aliphatic heterocycles. The predicted octanol–water partition coefficient (Wildman–Crippen LogP) is 3.46. The minimum Gasteiger partial charge on any atom is -0.493 e. The summed E-state index contributed by atoms with van der Waals surface area (Å²) in [5.74, 6) is 1.36. The molecule has 0 bridgehead atoms. The Morgan fingerprint density at radius 3 is 2.27 bits per heavy atom. The molecule has 0 radical (unpaired) electrons. The van der Waals surface area contributed by atoms with Crippen molar-refractivity contribution in [2.75, 3.05) is 34.9 Å². The van der Waals surface area contributed by atoms with Gasteiger partial charge in [0, 0.05) is 24.5 Å². The van der Waals surface area contributed by atoms with E-state index in [2.05, 4.69) is 28.9 Å². The second-order valence-corrected chi connectivity index (χ2v) is 8.30. The molecule has 3 unspecified atom stereocenters. The average molecular weight is 420 g/mol. The van der Waals surface area contributed by atoms with Crippen LogP contribution in [0.5, 0.6) is 11.5 Å². The number of rotatable bonds is 11. The molecule has 170 valence electrons. The number of carbonyl (C=O) groups is 1. The summed E-state index contributed by atoms with van der Waals surface area (Å²) in [4.78, 5) is 13.5. The molecule has 1 aromatic carbocycles. The van der Waals surface area contributed by atoms with Gasteiger partial charge in [0.15, 0.2) is 11.5 Å². The van der Waals surface area contributed by atoms with Crippen molar-refractivity contribution in [3.63, 3.8) is 0 Å². The number of hydrogen-bond acceptors (Lipinski definition) is 5. The highest BCUT2D eigenvalue weighted by Crippen LogP contribution is 2.36. The first-order valence-electron chi connectivity index (χ1n) is 11.4. The standard InChI is InChI=1S/C24H41N3O3/c1-6-20(26-3)23(17-13-14-21(29-4)22(15-17)30-5)19(16-25-2)24(28)27-18-11-9-7-8-10-12-18/h13-15,18-20,23,25-26H,6-12,16H2,1-5H3,(H,27,28). The molecule has 1 aliphatic carbocycles. The lowest BCUT2D eigenvalue weighted by molar-refractivity contribution is -0.126. The van der Waals surface area contributed by atoms with E-state index in [0.29, 0.717) is 24.1 Å². The van der Waals surface area contributed by atoms with Gasteiger partial charge in [-0.05, 0) is 51.1 Å². The Kier molecular flexibility index (Phi) is 10.4. The van der Waals surface area contributed by atoms with Crippen LogP contribution in [0.1, 0.15) is 63.4 Å². The van der Waals surface area contributed by atoms with Crippen molar-refractivity contribution in [2.24, 2.45) is 5.92 Å². The zero-order valence-electron chi connectivity index (χ0n) is 19.4. The molecule has 2 rings (SSSR count). The summed E-state index contributed by atoms with van der Waals surface area (Å²) in [6, 6.07) is 6.48. The van der Waals surface area contributed by atoms with E-state index in [0.717, 1.165) is 24.8 Å². The largest absolute Gasteiger partial charge is 0.493 e. The number of nitrogens with one attached hydrogen (secondary N) is 3. The van der Waals surface area contributed by atoms with Crippen molar-refractivity contribution >= 4 is 5.91 Å². The monoisotopic (exact) mass is 419 g/mol. The van der Waals surface area contributed by atoms with Gasteiger partial charge in [-0.2, -0.15) is 0 Å². The molecule has 6 heteroatoms. The van der Waals surface area contributed by atoms with Crippen LogP contribution < -0.4 is 25.4 Å². The number of amides is 1. The third-order valence-corrected chi connectivity index (χ3v) is 6.43. The summed E-state index contributed by atoms with van der Waals surface area (Å²) in [6.07, 6.45) is 8.05. The van der Waals surface area contributed by atoms with Gasteiger partial charge in [-0.3, -0.25) is 4.79 Å². The van der Waals surface area contributed by atoms with E-state index in [9.17, 15) is 4.79 Å². The third kappa shape index (κ3) is 6.35. The Labute approximate surface area is 182 Å². The minimum absolute atomic E-state index is 0.0121. The fourth-order valence-electron chi connectivity index (χ4n) is 4.78. The van der Waals surface area contributed by atoms with Gasteiger partial charge in [-0.15, -0.1) is 0 Å². The van der Waals surface area contributed by atoms with Crippen LogP contribution in [-0.2, 0) is 4.79 Å². The molecule has 0 spiro atoms. The summed E-state index contributed by atoms with van der Waals surface area (Å²) in [5.41, 5.74) is 1.09. The molecule has 0 heterocycles. The molecule has 1 aliphatic rings. The first-order valence-corrected chi connectivity index (χ1v) is 11.4. The second-order valence-electron chi connectivity index (χ2n) is 8.30. The molecule has 1 fully saturated rings. The van der Waals surface area contributed by atoms with Crippen LogP contribution in [-0.4, -0.2) is 52.9 Å². The quantitative estimate of drug-likeness (QED) is 0.479. The lowest BCUT2D eigenvalue weighted by atomic mass is 9.78. The first-order chi connectivity index (χ1) is 14.6. The highest BCUT2D eigenvalue weighted by Gasteiger charge is 2.35. The van der Waals surface area contributed by atoms with Crippen LogP contribution in [0.3, 0.4) is 0 Å². The molecule has 3 N–H and O–H groups in total. The topological polar surface area (TPSA) is 71.6 Å². The zero-order chi connectivity index (χ0) is 21.9. The van der Waals surface area contributed by atoms with E-state index < -0.39 is 0 Å². The zero-order valence-corrected chi connectivity index (χ0v) is 19.4.